The average molecular weight is 309 g/mol. The molecule has 1 aliphatic rings. The number of nitrogens with two attached hydrogens (primary N) is 1. The SMILES string of the molecule is CC(N)CCC(=O)N(CCc1ccc(Cl)cc1)CC1CC1. The van der Waals surface area contributed by atoms with Crippen LogP contribution in [-0.4, -0.2) is 29.9 Å². The van der Waals surface area contributed by atoms with Crippen LogP contribution < -0.4 is 5.73 Å². The molecule has 1 aliphatic carbocycles. The number of amides is 1. The lowest BCUT2D eigenvalue weighted by Gasteiger charge is -2.23. The number of nitrogens with zero attached hydrogens (tertiary/aromatic N) is 1. The second-order valence-electron chi connectivity index (χ2n) is 6.18. The van der Waals surface area contributed by atoms with Crippen molar-refractivity contribution in [2.24, 2.45) is 11.7 Å². The molecule has 0 bridgehead atoms. The van der Waals surface area contributed by atoms with Crippen LogP contribution in [0, 0.1) is 5.92 Å². The molecule has 1 atom stereocenters. The highest BCUT2D eigenvalue weighted by Crippen LogP contribution is 2.30. The van der Waals surface area contributed by atoms with Gasteiger partial charge in [0.25, 0.3) is 0 Å². The van der Waals surface area contributed by atoms with Crippen molar-refractivity contribution in [1.29, 1.82) is 0 Å². The maximum atomic E-state index is 12.3. The minimum Gasteiger partial charge on any atom is -0.342 e. The van der Waals surface area contributed by atoms with Gasteiger partial charge in [0.05, 0.1) is 0 Å². The molecule has 1 amide bonds. The van der Waals surface area contributed by atoms with E-state index in [-0.39, 0.29) is 11.9 Å². The fourth-order valence-electron chi connectivity index (χ4n) is 2.35. The fourth-order valence-corrected chi connectivity index (χ4v) is 2.48. The van der Waals surface area contributed by atoms with Crippen LogP contribution >= 0.6 is 11.6 Å². The smallest absolute Gasteiger partial charge is 0.222 e. The Morgan fingerprint density at radius 3 is 2.62 bits per heavy atom. The highest BCUT2D eigenvalue weighted by atomic mass is 35.5. The summed E-state index contributed by atoms with van der Waals surface area (Å²) >= 11 is 5.90. The average Bonchev–Trinajstić information content (AvgIpc) is 3.26. The first-order chi connectivity index (χ1) is 10.0. The van der Waals surface area contributed by atoms with Crippen molar-refractivity contribution in [2.75, 3.05) is 13.1 Å². The quantitative estimate of drug-likeness (QED) is 0.801. The van der Waals surface area contributed by atoms with E-state index in [0.717, 1.165) is 36.9 Å². The van der Waals surface area contributed by atoms with Crippen molar-refractivity contribution >= 4 is 17.5 Å². The van der Waals surface area contributed by atoms with Crippen molar-refractivity contribution in [1.82, 2.24) is 4.90 Å². The van der Waals surface area contributed by atoms with Crippen molar-refractivity contribution in [3.05, 3.63) is 34.9 Å². The Kier molecular flexibility index (Phi) is 6.07. The standard InChI is InChI=1S/C17H25ClN2O/c1-13(19)2-9-17(21)20(12-15-3-4-15)11-10-14-5-7-16(18)8-6-14/h5-8,13,15H,2-4,9-12,19H2,1H3. The molecule has 0 saturated heterocycles. The van der Waals surface area contributed by atoms with Crippen molar-refractivity contribution < 1.29 is 4.79 Å². The number of hydrogen-bond donors (Lipinski definition) is 1. The van der Waals surface area contributed by atoms with Crippen LogP contribution in [0.1, 0.15) is 38.2 Å². The van der Waals surface area contributed by atoms with Crippen LogP contribution in [0.15, 0.2) is 24.3 Å². The molecule has 1 saturated carbocycles. The molecule has 0 aromatic heterocycles. The molecule has 0 radical (unpaired) electrons. The second kappa shape index (κ2) is 7.81. The van der Waals surface area contributed by atoms with Gasteiger partial charge in [-0.15, -0.1) is 0 Å². The van der Waals surface area contributed by atoms with Gasteiger partial charge in [-0.05, 0) is 56.2 Å². The molecule has 3 nitrogen and oxygen atoms in total. The van der Waals surface area contributed by atoms with E-state index in [4.69, 9.17) is 17.3 Å². The van der Waals surface area contributed by atoms with Gasteiger partial charge in [-0.1, -0.05) is 23.7 Å². The molecule has 1 unspecified atom stereocenters. The predicted molar refractivity (Wildman–Crippen MR) is 87.3 cm³/mol. The van der Waals surface area contributed by atoms with Gasteiger partial charge in [-0.3, -0.25) is 4.79 Å². The Balaban J connectivity index is 1.86. The van der Waals surface area contributed by atoms with E-state index >= 15 is 0 Å². The third-order valence-corrected chi connectivity index (χ3v) is 4.18. The molecule has 2 N–H and O–H groups in total. The van der Waals surface area contributed by atoms with Crippen LogP contribution in [0.4, 0.5) is 0 Å². The maximum Gasteiger partial charge on any atom is 0.222 e. The minimum atomic E-state index is 0.0907. The van der Waals surface area contributed by atoms with E-state index in [0.29, 0.717) is 6.42 Å². The van der Waals surface area contributed by atoms with E-state index in [2.05, 4.69) is 0 Å². The molecule has 21 heavy (non-hydrogen) atoms. The van der Waals surface area contributed by atoms with Gasteiger partial charge in [0.1, 0.15) is 0 Å². The monoisotopic (exact) mass is 308 g/mol. The molecule has 1 aromatic rings. The van der Waals surface area contributed by atoms with Crippen LogP contribution in [-0.2, 0) is 11.2 Å². The zero-order valence-corrected chi connectivity index (χ0v) is 13.5. The summed E-state index contributed by atoms with van der Waals surface area (Å²) in [7, 11) is 0. The van der Waals surface area contributed by atoms with Gasteiger partial charge in [-0.2, -0.15) is 0 Å². The fraction of sp³-hybridized carbons (Fsp3) is 0.588. The Hall–Kier alpha value is -1.06. The molecule has 1 aromatic carbocycles. The largest absolute Gasteiger partial charge is 0.342 e. The van der Waals surface area contributed by atoms with Gasteiger partial charge in [-0.25, -0.2) is 0 Å². The second-order valence-corrected chi connectivity index (χ2v) is 6.61. The van der Waals surface area contributed by atoms with E-state index in [1.165, 1.54) is 18.4 Å². The molecular weight excluding hydrogens is 284 g/mol. The summed E-state index contributed by atoms with van der Waals surface area (Å²) in [6.45, 7) is 3.65. The van der Waals surface area contributed by atoms with Crippen molar-refractivity contribution in [3.63, 3.8) is 0 Å². The summed E-state index contributed by atoms with van der Waals surface area (Å²) in [5.74, 6) is 0.961. The molecule has 0 heterocycles. The van der Waals surface area contributed by atoms with E-state index < -0.39 is 0 Å². The number of carbonyl (C=O) groups is 1. The summed E-state index contributed by atoms with van der Waals surface area (Å²) in [5.41, 5.74) is 6.97. The number of benzene rings is 1. The first-order valence-electron chi connectivity index (χ1n) is 7.82. The topological polar surface area (TPSA) is 46.3 Å². The lowest BCUT2D eigenvalue weighted by Crippen LogP contribution is -2.35. The van der Waals surface area contributed by atoms with Crippen LogP contribution in [0.5, 0.6) is 0 Å². The summed E-state index contributed by atoms with van der Waals surface area (Å²) in [5, 5.41) is 0.751. The van der Waals surface area contributed by atoms with Gasteiger partial charge in [0.15, 0.2) is 0 Å². The molecule has 2 rings (SSSR count). The molecule has 0 aliphatic heterocycles. The Morgan fingerprint density at radius 2 is 2.05 bits per heavy atom. The Bertz CT molecular complexity index is 454. The summed E-state index contributed by atoms with van der Waals surface area (Å²) in [4.78, 5) is 14.4. The maximum absolute atomic E-state index is 12.3. The lowest BCUT2D eigenvalue weighted by atomic mass is 10.1. The number of rotatable bonds is 8. The molecule has 0 spiro atoms. The number of carbonyl (C=O) groups excluding carboxylic acids is 1. The molecular formula is C17H25ClN2O. The van der Waals surface area contributed by atoms with Crippen LogP contribution in [0.3, 0.4) is 0 Å². The van der Waals surface area contributed by atoms with Gasteiger partial charge in [0.2, 0.25) is 5.91 Å². The zero-order chi connectivity index (χ0) is 15.2. The summed E-state index contributed by atoms with van der Waals surface area (Å²) in [6, 6.07) is 7.96. The predicted octanol–water partition coefficient (Wildman–Crippen LogP) is 3.25. The van der Waals surface area contributed by atoms with Gasteiger partial charge < -0.3 is 10.6 Å². The zero-order valence-electron chi connectivity index (χ0n) is 12.7. The summed E-state index contributed by atoms with van der Waals surface area (Å²) in [6.07, 6.45) is 4.73. The Labute approximate surface area is 132 Å². The highest BCUT2D eigenvalue weighted by molar-refractivity contribution is 6.30. The van der Waals surface area contributed by atoms with Crippen molar-refractivity contribution in [2.45, 2.75) is 45.1 Å². The summed E-state index contributed by atoms with van der Waals surface area (Å²) < 4.78 is 0. The normalized spacial score (nSPS) is 15.8. The van der Waals surface area contributed by atoms with Crippen LogP contribution in [0.2, 0.25) is 5.02 Å². The molecule has 1 fully saturated rings. The minimum absolute atomic E-state index is 0.0907. The van der Waals surface area contributed by atoms with E-state index in [1.807, 2.05) is 36.1 Å². The Morgan fingerprint density at radius 1 is 1.38 bits per heavy atom. The number of hydrogen-bond acceptors (Lipinski definition) is 2. The van der Waals surface area contributed by atoms with Crippen LogP contribution in [0.25, 0.3) is 0 Å². The lowest BCUT2D eigenvalue weighted by molar-refractivity contribution is -0.131. The first-order valence-corrected chi connectivity index (χ1v) is 8.20. The third kappa shape index (κ3) is 6.06. The molecule has 4 heteroatoms. The highest BCUT2D eigenvalue weighted by Gasteiger charge is 2.26. The van der Waals surface area contributed by atoms with E-state index in [1.54, 1.807) is 0 Å². The van der Waals surface area contributed by atoms with Crippen molar-refractivity contribution in [3.8, 4) is 0 Å². The van der Waals surface area contributed by atoms with Gasteiger partial charge in [0, 0.05) is 30.6 Å². The van der Waals surface area contributed by atoms with Gasteiger partial charge >= 0.3 is 0 Å². The molecule has 116 valence electrons. The number of halogens is 1. The third-order valence-electron chi connectivity index (χ3n) is 3.93. The van der Waals surface area contributed by atoms with E-state index in [9.17, 15) is 4.79 Å². The first kappa shape index (κ1) is 16.3.